The molecular formula is C28H36N2O4. The molecule has 1 aliphatic carbocycles. The number of aryl methyl sites for hydroxylation is 2. The van der Waals surface area contributed by atoms with Crippen molar-refractivity contribution >= 4 is 11.6 Å². The minimum Gasteiger partial charge on any atom is -0.484 e. The van der Waals surface area contributed by atoms with Crippen molar-refractivity contribution in [2.24, 2.45) is 10.6 Å². The van der Waals surface area contributed by atoms with Crippen LogP contribution < -0.4 is 4.74 Å². The Balaban J connectivity index is 1.30. The molecule has 1 amide bonds. The van der Waals surface area contributed by atoms with Gasteiger partial charge in [0.2, 0.25) is 0 Å². The minimum absolute atomic E-state index is 0.0710. The van der Waals surface area contributed by atoms with Crippen LogP contribution in [0.3, 0.4) is 0 Å². The zero-order valence-electron chi connectivity index (χ0n) is 20.6. The number of methoxy groups -OCH3 is 1. The Morgan fingerprint density at radius 2 is 1.74 bits per heavy atom. The SMILES string of the molecule is COCC/C(=N/OCc1ccc(C)c(C)c1)c1ccc(OCC(=O)N2CCC3(CC2)CC3)cc1. The fourth-order valence-corrected chi connectivity index (χ4v) is 4.41. The van der Waals surface area contributed by atoms with Crippen LogP contribution in [0, 0.1) is 19.3 Å². The number of benzene rings is 2. The number of hydrogen-bond donors (Lipinski definition) is 0. The van der Waals surface area contributed by atoms with E-state index in [0.29, 0.717) is 30.8 Å². The van der Waals surface area contributed by atoms with Gasteiger partial charge in [0.25, 0.3) is 5.91 Å². The van der Waals surface area contributed by atoms with Gasteiger partial charge in [-0.15, -0.1) is 0 Å². The Labute approximate surface area is 202 Å². The van der Waals surface area contributed by atoms with Gasteiger partial charge in [0.15, 0.2) is 6.61 Å². The minimum atomic E-state index is 0.0710. The van der Waals surface area contributed by atoms with Gasteiger partial charge in [-0.2, -0.15) is 0 Å². The average Bonchev–Trinajstić information content (AvgIpc) is 3.61. The molecule has 0 unspecified atom stereocenters. The van der Waals surface area contributed by atoms with E-state index in [1.807, 2.05) is 29.2 Å². The number of likely N-dealkylation sites (tertiary alicyclic amines) is 1. The topological polar surface area (TPSA) is 60.4 Å². The standard InChI is InChI=1S/C28H36N2O4/c1-21-4-5-23(18-22(21)2)19-34-29-26(10-17-32-3)24-6-8-25(9-7-24)33-20-27(31)30-15-13-28(11-12-28)14-16-30/h4-9,18H,10-17,19-20H2,1-3H3/b29-26-. The monoisotopic (exact) mass is 464 g/mol. The Bertz CT molecular complexity index is 1000. The summed E-state index contributed by atoms with van der Waals surface area (Å²) in [5, 5.41) is 4.40. The van der Waals surface area contributed by atoms with E-state index in [2.05, 4.69) is 37.2 Å². The van der Waals surface area contributed by atoms with Crippen LogP contribution in [0.1, 0.15) is 54.4 Å². The van der Waals surface area contributed by atoms with Crippen LogP contribution in [-0.4, -0.2) is 49.9 Å². The second-order valence-corrected chi connectivity index (χ2v) is 9.67. The largest absolute Gasteiger partial charge is 0.484 e. The van der Waals surface area contributed by atoms with Crippen molar-refractivity contribution in [2.45, 2.75) is 52.6 Å². The normalized spacial score (nSPS) is 17.0. The molecule has 0 N–H and O–H groups in total. The lowest BCUT2D eigenvalue weighted by Crippen LogP contribution is -2.41. The third-order valence-corrected chi connectivity index (χ3v) is 7.20. The molecule has 1 saturated heterocycles. The first kappa shape index (κ1) is 24.3. The van der Waals surface area contributed by atoms with Crippen molar-refractivity contribution in [1.82, 2.24) is 4.90 Å². The van der Waals surface area contributed by atoms with Gasteiger partial charge in [0, 0.05) is 26.6 Å². The van der Waals surface area contributed by atoms with Crippen LogP contribution in [0.25, 0.3) is 0 Å². The Morgan fingerprint density at radius 1 is 1.00 bits per heavy atom. The fraction of sp³-hybridized carbons (Fsp3) is 0.500. The summed E-state index contributed by atoms with van der Waals surface area (Å²) in [6.45, 7) is 6.97. The van der Waals surface area contributed by atoms with E-state index >= 15 is 0 Å². The molecule has 4 rings (SSSR count). The number of carbonyl (C=O) groups is 1. The number of amides is 1. The lowest BCUT2D eigenvalue weighted by molar-refractivity contribution is -0.134. The van der Waals surface area contributed by atoms with E-state index in [4.69, 9.17) is 14.3 Å². The molecule has 0 atom stereocenters. The predicted molar refractivity (Wildman–Crippen MR) is 133 cm³/mol. The molecule has 182 valence electrons. The number of carbonyl (C=O) groups excluding carboxylic acids is 1. The number of oxime groups is 1. The maximum atomic E-state index is 12.5. The number of rotatable bonds is 10. The summed E-state index contributed by atoms with van der Waals surface area (Å²) in [7, 11) is 1.67. The molecule has 34 heavy (non-hydrogen) atoms. The van der Waals surface area contributed by atoms with Crippen LogP contribution in [-0.2, 0) is 21.0 Å². The van der Waals surface area contributed by atoms with Gasteiger partial charge >= 0.3 is 0 Å². The summed E-state index contributed by atoms with van der Waals surface area (Å²) in [5.74, 6) is 0.747. The molecule has 1 heterocycles. The van der Waals surface area contributed by atoms with E-state index in [1.54, 1.807) is 7.11 Å². The second-order valence-electron chi connectivity index (χ2n) is 9.67. The third kappa shape index (κ3) is 6.38. The highest BCUT2D eigenvalue weighted by Gasteiger charge is 2.45. The zero-order chi connectivity index (χ0) is 24.0. The lowest BCUT2D eigenvalue weighted by Gasteiger charge is -2.32. The molecule has 0 radical (unpaired) electrons. The molecule has 1 saturated carbocycles. The molecule has 2 aromatic carbocycles. The Hall–Kier alpha value is -2.86. The molecule has 6 heteroatoms. The van der Waals surface area contributed by atoms with Crippen LogP contribution >= 0.6 is 0 Å². The second kappa shape index (κ2) is 11.0. The van der Waals surface area contributed by atoms with Gasteiger partial charge in [0.1, 0.15) is 12.4 Å². The number of nitrogens with zero attached hydrogens (tertiary/aromatic N) is 2. The quantitative estimate of drug-likeness (QED) is 0.365. The fourth-order valence-electron chi connectivity index (χ4n) is 4.41. The van der Waals surface area contributed by atoms with Gasteiger partial charge in [-0.1, -0.05) is 23.4 Å². The maximum absolute atomic E-state index is 12.5. The molecular weight excluding hydrogens is 428 g/mol. The molecule has 1 aliphatic heterocycles. The average molecular weight is 465 g/mol. The smallest absolute Gasteiger partial charge is 0.260 e. The van der Waals surface area contributed by atoms with Crippen LogP contribution in [0.5, 0.6) is 5.75 Å². The van der Waals surface area contributed by atoms with Crippen LogP contribution in [0.15, 0.2) is 47.6 Å². The Morgan fingerprint density at radius 3 is 2.38 bits per heavy atom. The summed E-state index contributed by atoms with van der Waals surface area (Å²) >= 11 is 0. The highest BCUT2D eigenvalue weighted by Crippen LogP contribution is 2.53. The third-order valence-electron chi connectivity index (χ3n) is 7.20. The van der Waals surface area contributed by atoms with E-state index in [1.165, 1.54) is 24.0 Å². The predicted octanol–water partition coefficient (Wildman–Crippen LogP) is 5.04. The molecule has 2 aromatic rings. The van der Waals surface area contributed by atoms with Gasteiger partial charge in [-0.25, -0.2) is 0 Å². The molecule has 2 aliphatic rings. The highest BCUT2D eigenvalue weighted by molar-refractivity contribution is 6.00. The molecule has 0 aromatic heterocycles. The Kier molecular flexibility index (Phi) is 7.88. The first-order valence-electron chi connectivity index (χ1n) is 12.2. The van der Waals surface area contributed by atoms with Gasteiger partial charge in [-0.05, 0) is 91.5 Å². The zero-order valence-corrected chi connectivity index (χ0v) is 20.6. The van der Waals surface area contributed by atoms with E-state index < -0.39 is 0 Å². The van der Waals surface area contributed by atoms with Crippen LogP contribution in [0.4, 0.5) is 0 Å². The lowest BCUT2D eigenvalue weighted by atomic mass is 9.94. The van der Waals surface area contributed by atoms with E-state index in [-0.39, 0.29) is 12.5 Å². The van der Waals surface area contributed by atoms with Crippen molar-refractivity contribution in [3.8, 4) is 5.75 Å². The first-order valence-corrected chi connectivity index (χ1v) is 12.2. The summed E-state index contributed by atoms with van der Waals surface area (Å²) < 4.78 is 11.0. The molecule has 0 bridgehead atoms. The maximum Gasteiger partial charge on any atom is 0.260 e. The number of piperidine rings is 1. The first-order chi connectivity index (χ1) is 16.5. The van der Waals surface area contributed by atoms with Crippen molar-refractivity contribution < 1.29 is 19.1 Å². The van der Waals surface area contributed by atoms with Crippen molar-refractivity contribution in [1.29, 1.82) is 0 Å². The molecule has 2 fully saturated rings. The van der Waals surface area contributed by atoms with Gasteiger partial charge in [-0.3, -0.25) is 4.79 Å². The van der Waals surface area contributed by atoms with E-state index in [0.717, 1.165) is 42.8 Å². The van der Waals surface area contributed by atoms with Crippen molar-refractivity contribution in [2.75, 3.05) is 33.4 Å². The number of hydrogen-bond acceptors (Lipinski definition) is 5. The molecule has 6 nitrogen and oxygen atoms in total. The molecule has 1 spiro atoms. The van der Waals surface area contributed by atoms with Crippen molar-refractivity contribution in [3.63, 3.8) is 0 Å². The van der Waals surface area contributed by atoms with Crippen molar-refractivity contribution in [3.05, 3.63) is 64.7 Å². The highest BCUT2D eigenvalue weighted by atomic mass is 16.6. The van der Waals surface area contributed by atoms with Crippen LogP contribution in [0.2, 0.25) is 0 Å². The number of ether oxygens (including phenoxy) is 2. The van der Waals surface area contributed by atoms with Gasteiger partial charge in [0.05, 0.1) is 12.3 Å². The van der Waals surface area contributed by atoms with E-state index in [9.17, 15) is 4.79 Å². The summed E-state index contributed by atoms with van der Waals surface area (Å²) in [4.78, 5) is 20.1. The summed E-state index contributed by atoms with van der Waals surface area (Å²) in [6.07, 6.45) is 5.60. The summed E-state index contributed by atoms with van der Waals surface area (Å²) in [6, 6.07) is 13.9. The summed E-state index contributed by atoms with van der Waals surface area (Å²) in [5.41, 5.74) is 5.92. The van der Waals surface area contributed by atoms with Gasteiger partial charge < -0.3 is 19.2 Å².